The number of carboxylic acid groups (broad SMARTS) is 1. The lowest BCUT2D eigenvalue weighted by molar-refractivity contribution is 0.0695. The van der Waals surface area contributed by atoms with Crippen molar-refractivity contribution in [1.29, 1.82) is 0 Å². The van der Waals surface area contributed by atoms with Gasteiger partial charge in [0.25, 0.3) is 0 Å². The van der Waals surface area contributed by atoms with Crippen LogP contribution in [0.1, 0.15) is 21.6 Å². The smallest absolute Gasteiger partial charge is 0.413 e. The lowest BCUT2D eigenvalue weighted by Gasteiger charge is -2.10. The number of aromatic nitrogens is 1. The summed E-state index contributed by atoms with van der Waals surface area (Å²) in [7, 11) is 0. The zero-order valence-corrected chi connectivity index (χ0v) is 10.2. The Balaban J connectivity index is 2.91. The molecule has 0 unspecified atom stereocenters. The Bertz CT molecular complexity index is 497. The molecule has 0 atom stereocenters. The molecule has 0 aliphatic heterocycles. The van der Waals surface area contributed by atoms with E-state index >= 15 is 0 Å². The Morgan fingerprint density at radius 2 is 2.22 bits per heavy atom. The van der Waals surface area contributed by atoms with Crippen LogP contribution < -0.4 is 5.32 Å². The van der Waals surface area contributed by atoms with Gasteiger partial charge in [0.2, 0.25) is 0 Å². The van der Waals surface area contributed by atoms with E-state index in [9.17, 15) is 9.59 Å². The molecule has 0 aliphatic carbocycles. The predicted octanol–water partition coefficient (Wildman–Crippen LogP) is 2.13. The predicted molar refractivity (Wildman–Crippen MR) is 65.8 cm³/mol. The minimum atomic E-state index is -1.05. The number of ether oxygens (including phenoxy) is 1. The summed E-state index contributed by atoms with van der Waals surface area (Å²) in [6.45, 7) is 6.72. The third-order valence-electron chi connectivity index (χ3n) is 2.19. The van der Waals surface area contributed by atoms with E-state index in [2.05, 4.69) is 16.9 Å². The van der Waals surface area contributed by atoms with E-state index < -0.39 is 12.1 Å². The van der Waals surface area contributed by atoms with E-state index in [-0.39, 0.29) is 18.0 Å². The van der Waals surface area contributed by atoms with Crippen molar-refractivity contribution in [3.63, 3.8) is 0 Å². The molecule has 0 bridgehead atoms. The first-order valence-electron chi connectivity index (χ1n) is 5.22. The SMILES string of the molecule is C=CCOC(=O)Nc1nc(C)c(C(=O)O)cc1C. The van der Waals surface area contributed by atoms with Gasteiger partial charge in [0.1, 0.15) is 12.4 Å². The van der Waals surface area contributed by atoms with Gasteiger partial charge in [-0.3, -0.25) is 5.32 Å². The summed E-state index contributed by atoms with van der Waals surface area (Å²) >= 11 is 0. The molecule has 1 rings (SSSR count). The molecule has 0 saturated carbocycles. The number of amides is 1. The van der Waals surface area contributed by atoms with Gasteiger partial charge in [-0.25, -0.2) is 14.6 Å². The van der Waals surface area contributed by atoms with Gasteiger partial charge in [0.15, 0.2) is 0 Å². The van der Waals surface area contributed by atoms with E-state index in [4.69, 9.17) is 9.84 Å². The second-order valence-electron chi connectivity index (χ2n) is 3.60. The van der Waals surface area contributed by atoms with Crippen molar-refractivity contribution in [2.45, 2.75) is 13.8 Å². The Labute approximate surface area is 104 Å². The third-order valence-corrected chi connectivity index (χ3v) is 2.19. The molecule has 1 heterocycles. The van der Waals surface area contributed by atoms with Gasteiger partial charge >= 0.3 is 12.1 Å². The zero-order valence-electron chi connectivity index (χ0n) is 10.2. The van der Waals surface area contributed by atoms with Crippen LogP contribution in [0.5, 0.6) is 0 Å². The number of carboxylic acids is 1. The summed E-state index contributed by atoms with van der Waals surface area (Å²) in [6.07, 6.45) is 0.784. The normalized spacial score (nSPS) is 9.67. The van der Waals surface area contributed by atoms with Crippen LogP contribution in [-0.4, -0.2) is 28.8 Å². The molecule has 0 spiro atoms. The van der Waals surface area contributed by atoms with Gasteiger partial charge < -0.3 is 9.84 Å². The highest BCUT2D eigenvalue weighted by Gasteiger charge is 2.13. The fourth-order valence-corrected chi connectivity index (χ4v) is 1.32. The topological polar surface area (TPSA) is 88.5 Å². The van der Waals surface area contributed by atoms with Gasteiger partial charge in [0.05, 0.1) is 11.3 Å². The number of nitrogens with one attached hydrogen (secondary N) is 1. The van der Waals surface area contributed by atoms with E-state index in [1.54, 1.807) is 13.8 Å². The summed E-state index contributed by atoms with van der Waals surface area (Å²) in [5.41, 5.74) is 0.984. The molecule has 6 heteroatoms. The van der Waals surface area contributed by atoms with Crippen molar-refractivity contribution in [3.8, 4) is 0 Å². The molecule has 1 aromatic heterocycles. The first-order chi connectivity index (χ1) is 8.45. The molecule has 0 aromatic carbocycles. The Morgan fingerprint density at radius 1 is 1.56 bits per heavy atom. The maximum atomic E-state index is 11.3. The lowest BCUT2D eigenvalue weighted by atomic mass is 10.1. The molecule has 0 saturated heterocycles. The van der Waals surface area contributed by atoms with Crippen molar-refractivity contribution >= 4 is 17.9 Å². The van der Waals surface area contributed by atoms with Crippen molar-refractivity contribution in [2.24, 2.45) is 0 Å². The molecule has 0 aliphatic rings. The van der Waals surface area contributed by atoms with Crippen molar-refractivity contribution in [2.75, 3.05) is 11.9 Å². The van der Waals surface area contributed by atoms with E-state index in [0.29, 0.717) is 11.3 Å². The van der Waals surface area contributed by atoms with E-state index in [1.807, 2.05) is 0 Å². The summed E-state index contributed by atoms with van der Waals surface area (Å²) < 4.78 is 4.74. The van der Waals surface area contributed by atoms with E-state index in [0.717, 1.165) is 0 Å². The Kier molecular flexibility index (Phi) is 4.42. The summed E-state index contributed by atoms with van der Waals surface area (Å²) in [6, 6.07) is 1.45. The van der Waals surface area contributed by atoms with Crippen LogP contribution in [0.2, 0.25) is 0 Å². The highest BCUT2D eigenvalue weighted by atomic mass is 16.5. The van der Waals surface area contributed by atoms with Crippen molar-refractivity contribution in [3.05, 3.63) is 35.5 Å². The number of hydrogen-bond acceptors (Lipinski definition) is 4. The molecular formula is C12H14N2O4. The average Bonchev–Trinajstić information content (AvgIpc) is 2.30. The quantitative estimate of drug-likeness (QED) is 0.799. The number of pyridine rings is 1. The number of hydrogen-bond donors (Lipinski definition) is 2. The van der Waals surface area contributed by atoms with Crippen molar-refractivity contribution in [1.82, 2.24) is 4.98 Å². The van der Waals surface area contributed by atoms with Crippen LogP contribution in [0.25, 0.3) is 0 Å². The monoisotopic (exact) mass is 250 g/mol. The molecular weight excluding hydrogens is 236 g/mol. The van der Waals surface area contributed by atoms with Crippen LogP contribution in [-0.2, 0) is 4.74 Å². The number of carbonyl (C=O) groups excluding carboxylic acids is 1. The molecule has 2 N–H and O–H groups in total. The Hall–Kier alpha value is -2.37. The fourth-order valence-electron chi connectivity index (χ4n) is 1.32. The first kappa shape index (κ1) is 13.7. The number of carbonyl (C=O) groups is 2. The number of rotatable bonds is 4. The molecule has 18 heavy (non-hydrogen) atoms. The molecule has 6 nitrogen and oxygen atoms in total. The highest BCUT2D eigenvalue weighted by molar-refractivity contribution is 5.90. The number of aromatic carboxylic acids is 1. The molecule has 96 valence electrons. The van der Waals surface area contributed by atoms with Crippen molar-refractivity contribution < 1.29 is 19.4 Å². The van der Waals surface area contributed by atoms with Gasteiger partial charge in [-0.2, -0.15) is 0 Å². The standard InChI is InChI=1S/C12H14N2O4/c1-4-5-18-12(17)14-10-7(2)6-9(11(15)16)8(3)13-10/h4,6H,1,5H2,2-3H3,(H,15,16)(H,13,14,17). The number of aryl methyl sites for hydroxylation is 2. The van der Waals surface area contributed by atoms with Crippen LogP contribution in [0.15, 0.2) is 18.7 Å². The molecule has 1 amide bonds. The summed E-state index contributed by atoms with van der Waals surface area (Å²) in [4.78, 5) is 26.2. The number of nitrogens with zero attached hydrogens (tertiary/aromatic N) is 1. The van der Waals surface area contributed by atoms with Gasteiger partial charge in [-0.05, 0) is 25.5 Å². The first-order valence-corrected chi connectivity index (χ1v) is 5.22. The molecule has 0 fully saturated rings. The average molecular weight is 250 g/mol. The second kappa shape index (κ2) is 5.81. The van der Waals surface area contributed by atoms with Gasteiger partial charge in [-0.1, -0.05) is 12.7 Å². The highest BCUT2D eigenvalue weighted by Crippen LogP contribution is 2.16. The van der Waals surface area contributed by atoms with Crippen LogP contribution in [0, 0.1) is 13.8 Å². The molecule has 0 radical (unpaired) electrons. The minimum absolute atomic E-state index is 0.0943. The zero-order chi connectivity index (χ0) is 13.7. The maximum Gasteiger partial charge on any atom is 0.413 e. The maximum absolute atomic E-state index is 11.3. The summed E-state index contributed by atoms with van der Waals surface area (Å²) in [5, 5.41) is 11.4. The van der Waals surface area contributed by atoms with Gasteiger partial charge in [0, 0.05) is 0 Å². The number of anilines is 1. The Morgan fingerprint density at radius 3 is 2.78 bits per heavy atom. The lowest BCUT2D eigenvalue weighted by Crippen LogP contribution is -2.16. The van der Waals surface area contributed by atoms with Crippen LogP contribution >= 0.6 is 0 Å². The largest absolute Gasteiger partial charge is 0.478 e. The summed E-state index contributed by atoms with van der Waals surface area (Å²) in [5.74, 6) is -0.768. The third kappa shape index (κ3) is 3.31. The second-order valence-corrected chi connectivity index (χ2v) is 3.60. The van der Waals surface area contributed by atoms with Crippen LogP contribution in [0.3, 0.4) is 0 Å². The molecule has 1 aromatic rings. The fraction of sp³-hybridized carbons (Fsp3) is 0.250. The minimum Gasteiger partial charge on any atom is -0.478 e. The van der Waals surface area contributed by atoms with Gasteiger partial charge in [-0.15, -0.1) is 0 Å². The van der Waals surface area contributed by atoms with Crippen LogP contribution in [0.4, 0.5) is 10.6 Å². The van der Waals surface area contributed by atoms with E-state index in [1.165, 1.54) is 12.1 Å².